The second kappa shape index (κ2) is 7.37. The molecule has 6 nitrogen and oxygen atoms in total. The average molecular weight is 256 g/mol. The van der Waals surface area contributed by atoms with Crippen LogP contribution in [0, 0.1) is 0 Å². The minimum Gasteiger partial charge on any atom is -0.434 e. The fourth-order valence-corrected chi connectivity index (χ4v) is 1.30. The van der Waals surface area contributed by atoms with Crippen molar-refractivity contribution in [1.82, 2.24) is 0 Å². The molecular formula is C12H16O6. The van der Waals surface area contributed by atoms with Crippen molar-refractivity contribution in [2.24, 2.45) is 0 Å². The molecule has 0 amide bonds. The van der Waals surface area contributed by atoms with Crippen molar-refractivity contribution < 1.29 is 28.5 Å². The van der Waals surface area contributed by atoms with E-state index in [2.05, 4.69) is 9.47 Å². The van der Waals surface area contributed by atoms with Crippen molar-refractivity contribution in [3.63, 3.8) is 0 Å². The zero-order valence-electron chi connectivity index (χ0n) is 10.4. The summed E-state index contributed by atoms with van der Waals surface area (Å²) in [5, 5.41) is 0. The number of hydrogen-bond acceptors (Lipinski definition) is 6. The van der Waals surface area contributed by atoms with E-state index in [0.717, 1.165) is 0 Å². The minimum absolute atomic E-state index is 0.174. The van der Waals surface area contributed by atoms with Gasteiger partial charge in [-0.15, -0.1) is 0 Å². The van der Waals surface area contributed by atoms with Crippen LogP contribution in [0.4, 0.5) is 9.59 Å². The first kappa shape index (κ1) is 14.1. The molecule has 0 radical (unpaired) electrons. The summed E-state index contributed by atoms with van der Waals surface area (Å²) in [6.07, 6.45) is 2.90. The number of carbonyl (C=O) groups is 2. The molecule has 100 valence electrons. The first-order valence-electron chi connectivity index (χ1n) is 5.76. The Bertz CT molecular complexity index is 369. The maximum Gasteiger partial charge on any atom is 0.513 e. The van der Waals surface area contributed by atoms with Gasteiger partial charge in [-0.25, -0.2) is 9.59 Å². The van der Waals surface area contributed by atoms with Crippen LogP contribution >= 0.6 is 0 Å². The van der Waals surface area contributed by atoms with Crippen LogP contribution in [-0.4, -0.2) is 25.5 Å². The van der Waals surface area contributed by atoms with Crippen molar-refractivity contribution in [2.45, 2.75) is 26.7 Å². The number of allylic oxidation sites excluding steroid dienone is 3. The fraction of sp³-hybridized carbons (Fsp3) is 0.500. The molecule has 0 aliphatic heterocycles. The van der Waals surface area contributed by atoms with E-state index in [9.17, 15) is 9.59 Å². The molecule has 1 aliphatic rings. The molecule has 0 aromatic rings. The standard InChI is InChI=1S/C12H16O6/c1-3-15-11(13)17-9-7-5-6-8-10(9)18-12(14)16-4-2/h5,7H,3-4,6,8H2,1-2H3. The molecule has 0 atom stereocenters. The Kier molecular flexibility index (Phi) is 5.76. The van der Waals surface area contributed by atoms with Gasteiger partial charge < -0.3 is 18.9 Å². The summed E-state index contributed by atoms with van der Waals surface area (Å²) in [6, 6.07) is 0. The number of ether oxygens (including phenoxy) is 4. The van der Waals surface area contributed by atoms with E-state index < -0.39 is 12.3 Å². The second-order valence-electron chi connectivity index (χ2n) is 3.30. The van der Waals surface area contributed by atoms with Gasteiger partial charge in [-0.3, -0.25) is 0 Å². The lowest BCUT2D eigenvalue weighted by Crippen LogP contribution is -2.13. The van der Waals surface area contributed by atoms with E-state index in [4.69, 9.17) is 9.47 Å². The molecule has 1 rings (SSSR count). The lowest BCUT2D eigenvalue weighted by Gasteiger charge is -2.14. The molecule has 0 aromatic carbocycles. The van der Waals surface area contributed by atoms with Gasteiger partial charge in [0.1, 0.15) is 0 Å². The summed E-state index contributed by atoms with van der Waals surface area (Å²) in [6.45, 7) is 3.77. The summed E-state index contributed by atoms with van der Waals surface area (Å²) in [7, 11) is 0. The third-order valence-electron chi connectivity index (χ3n) is 2.01. The summed E-state index contributed by atoms with van der Waals surface area (Å²) in [4.78, 5) is 22.4. The smallest absolute Gasteiger partial charge is 0.434 e. The van der Waals surface area contributed by atoms with Crippen molar-refractivity contribution in [1.29, 1.82) is 0 Å². The lowest BCUT2D eigenvalue weighted by molar-refractivity contribution is 0.0635. The molecule has 6 heteroatoms. The van der Waals surface area contributed by atoms with Crippen molar-refractivity contribution in [2.75, 3.05) is 13.2 Å². The first-order chi connectivity index (χ1) is 8.67. The van der Waals surface area contributed by atoms with Gasteiger partial charge in [-0.1, -0.05) is 6.08 Å². The molecule has 0 N–H and O–H groups in total. The Morgan fingerprint density at radius 2 is 1.72 bits per heavy atom. The Hall–Kier alpha value is -1.98. The SMILES string of the molecule is CCOC(=O)OC1=C(OC(=O)OCC)CCC=C1. The van der Waals surface area contributed by atoms with Crippen LogP contribution in [-0.2, 0) is 18.9 Å². The van der Waals surface area contributed by atoms with Gasteiger partial charge in [0.15, 0.2) is 11.5 Å². The van der Waals surface area contributed by atoms with Crippen molar-refractivity contribution in [3.8, 4) is 0 Å². The third kappa shape index (κ3) is 4.48. The maximum absolute atomic E-state index is 11.2. The molecular weight excluding hydrogens is 240 g/mol. The van der Waals surface area contributed by atoms with Crippen LogP contribution in [0.1, 0.15) is 26.7 Å². The van der Waals surface area contributed by atoms with E-state index in [1.807, 2.05) is 6.08 Å². The molecule has 0 heterocycles. The normalized spacial score (nSPS) is 14.1. The molecule has 0 fully saturated rings. The van der Waals surface area contributed by atoms with Gasteiger partial charge in [0.05, 0.1) is 13.2 Å². The Morgan fingerprint density at radius 1 is 1.11 bits per heavy atom. The highest BCUT2D eigenvalue weighted by Crippen LogP contribution is 2.22. The van der Waals surface area contributed by atoms with Crippen LogP contribution in [0.25, 0.3) is 0 Å². The van der Waals surface area contributed by atoms with Crippen LogP contribution in [0.15, 0.2) is 23.7 Å². The highest BCUT2D eigenvalue weighted by molar-refractivity contribution is 5.64. The van der Waals surface area contributed by atoms with E-state index in [0.29, 0.717) is 12.8 Å². The van der Waals surface area contributed by atoms with Crippen LogP contribution in [0.2, 0.25) is 0 Å². The van der Waals surface area contributed by atoms with Gasteiger partial charge in [-0.2, -0.15) is 0 Å². The number of carbonyl (C=O) groups excluding carboxylic acids is 2. The molecule has 0 unspecified atom stereocenters. The molecule has 0 saturated carbocycles. The van der Waals surface area contributed by atoms with Gasteiger partial charge in [0, 0.05) is 6.42 Å². The molecule has 0 aromatic heterocycles. The fourth-order valence-electron chi connectivity index (χ4n) is 1.30. The van der Waals surface area contributed by atoms with Gasteiger partial charge in [0.2, 0.25) is 0 Å². The molecule has 0 bridgehead atoms. The Balaban J connectivity index is 2.68. The Morgan fingerprint density at radius 3 is 2.33 bits per heavy atom. The summed E-state index contributed by atoms with van der Waals surface area (Å²) >= 11 is 0. The third-order valence-corrected chi connectivity index (χ3v) is 2.01. The molecule has 1 aliphatic carbocycles. The largest absolute Gasteiger partial charge is 0.513 e. The van der Waals surface area contributed by atoms with Gasteiger partial charge >= 0.3 is 12.3 Å². The lowest BCUT2D eigenvalue weighted by atomic mass is 10.1. The highest BCUT2D eigenvalue weighted by Gasteiger charge is 2.18. The zero-order chi connectivity index (χ0) is 13.4. The van der Waals surface area contributed by atoms with E-state index in [1.54, 1.807) is 19.9 Å². The van der Waals surface area contributed by atoms with Gasteiger partial charge in [0.25, 0.3) is 0 Å². The molecule has 18 heavy (non-hydrogen) atoms. The van der Waals surface area contributed by atoms with Crippen LogP contribution in [0.5, 0.6) is 0 Å². The van der Waals surface area contributed by atoms with Crippen molar-refractivity contribution >= 4 is 12.3 Å². The summed E-state index contributed by atoms with van der Waals surface area (Å²) in [5.74, 6) is 0.441. The molecule has 0 saturated heterocycles. The first-order valence-corrected chi connectivity index (χ1v) is 5.76. The monoisotopic (exact) mass is 256 g/mol. The quantitative estimate of drug-likeness (QED) is 0.720. The van der Waals surface area contributed by atoms with E-state index >= 15 is 0 Å². The molecule has 0 spiro atoms. The number of hydrogen-bond donors (Lipinski definition) is 0. The summed E-state index contributed by atoms with van der Waals surface area (Å²) in [5.41, 5.74) is 0. The van der Waals surface area contributed by atoms with E-state index in [-0.39, 0.29) is 24.7 Å². The predicted molar refractivity (Wildman–Crippen MR) is 61.6 cm³/mol. The van der Waals surface area contributed by atoms with Crippen LogP contribution < -0.4 is 0 Å². The number of rotatable bonds is 4. The van der Waals surface area contributed by atoms with Crippen LogP contribution in [0.3, 0.4) is 0 Å². The Labute approximate surface area is 105 Å². The zero-order valence-corrected chi connectivity index (χ0v) is 10.4. The minimum atomic E-state index is -0.830. The maximum atomic E-state index is 11.2. The topological polar surface area (TPSA) is 71.1 Å². The second-order valence-corrected chi connectivity index (χ2v) is 3.30. The summed E-state index contributed by atoms with van der Waals surface area (Å²) < 4.78 is 19.2. The average Bonchev–Trinajstić information content (AvgIpc) is 2.32. The van der Waals surface area contributed by atoms with Gasteiger partial charge in [-0.05, 0) is 26.3 Å². The van der Waals surface area contributed by atoms with E-state index in [1.165, 1.54) is 0 Å². The predicted octanol–water partition coefficient (Wildman–Crippen LogP) is 2.89. The van der Waals surface area contributed by atoms with Crippen molar-refractivity contribution in [3.05, 3.63) is 23.7 Å². The highest BCUT2D eigenvalue weighted by atomic mass is 16.7.